The first kappa shape index (κ1) is 15.4. The molecule has 0 radical (unpaired) electrons. The molecular weight excluding hydrogens is 320 g/mol. The first-order chi connectivity index (χ1) is 9.61. The van der Waals surface area contributed by atoms with E-state index in [1.54, 1.807) is 12.1 Å². The van der Waals surface area contributed by atoms with Crippen molar-refractivity contribution in [1.82, 2.24) is 4.90 Å². The van der Waals surface area contributed by atoms with Gasteiger partial charge in [-0.15, -0.1) is 0 Å². The van der Waals surface area contributed by atoms with Crippen molar-refractivity contribution >= 4 is 21.6 Å². The lowest BCUT2D eigenvalue weighted by Crippen LogP contribution is -2.38. The highest BCUT2D eigenvalue weighted by Gasteiger charge is 2.22. The zero-order chi connectivity index (χ0) is 14.5. The van der Waals surface area contributed by atoms with Gasteiger partial charge in [0.05, 0.1) is 9.40 Å². The van der Waals surface area contributed by atoms with E-state index in [0.717, 1.165) is 18.7 Å². The number of hydrogen-bond donors (Lipinski definition) is 0. The Balaban J connectivity index is 2.11. The Morgan fingerprint density at radius 3 is 2.95 bits per heavy atom. The van der Waals surface area contributed by atoms with Crippen molar-refractivity contribution in [3.8, 4) is 0 Å². The van der Waals surface area contributed by atoms with Gasteiger partial charge >= 0.3 is 0 Å². The summed E-state index contributed by atoms with van der Waals surface area (Å²) in [6.07, 6.45) is 6.22. The highest BCUT2D eigenvalue weighted by Crippen LogP contribution is 2.28. The standard InChI is InChI=1S/C15H21BrN2O2/c1-2-5-13-6-3-4-9-17(13)11-12-7-8-14(16)15(10-12)18(19)20/h7-8,10,13H,2-6,9,11H2,1H3. The van der Waals surface area contributed by atoms with Crippen LogP contribution in [0, 0.1) is 10.1 Å². The molecule has 1 heterocycles. The molecule has 1 aliphatic rings. The summed E-state index contributed by atoms with van der Waals surface area (Å²) < 4.78 is 0.551. The van der Waals surface area contributed by atoms with E-state index in [4.69, 9.17) is 0 Å². The van der Waals surface area contributed by atoms with E-state index in [0.29, 0.717) is 10.5 Å². The van der Waals surface area contributed by atoms with E-state index in [2.05, 4.69) is 27.8 Å². The van der Waals surface area contributed by atoms with Gasteiger partial charge in [-0.2, -0.15) is 0 Å². The van der Waals surface area contributed by atoms with Crippen molar-refractivity contribution in [2.24, 2.45) is 0 Å². The van der Waals surface area contributed by atoms with Gasteiger partial charge in [-0.05, 0) is 53.4 Å². The third-order valence-electron chi connectivity index (χ3n) is 3.96. The summed E-state index contributed by atoms with van der Waals surface area (Å²) in [5, 5.41) is 11.0. The second-order valence-electron chi connectivity index (χ2n) is 5.45. The lowest BCUT2D eigenvalue weighted by molar-refractivity contribution is -0.385. The van der Waals surface area contributed by atoms with Crippen molar-refractivity contribution in [3.63, 3.8) is 0 Å². The van der Waals surface area contributed by atoms with E-state index < -0.39 is 0 Å². The fourth-order valence-electron chi connectivity index (χ4n) is 2.96. The number of halogens is 1. The molecule has 1 fully saturated rings. The molecule has 0 aliphatic carbocycles. The molecule has 0 bridgehead atoms. The average molecular weight is 341 g/mol. The zero-order valence-electron chi connectivity index (χ0n) is 11.8. The van der Waals surface area contributed by atoms with Crippen LogP contribution in [0.4, 0.5) is 5.69 Å². The Kier molecular flexibility index (Phi) is 5.54. The summed E-state index contributed by atoms with van der Waals surface area (Å²) in [6, 6.07) is 6.10. The molecule has 1 saturated heterocycles. The number of benzene rings is 1. The lowest BCUT2D eigenvalue weighted by atomic mass is 9.97. The minimum Gasteiger partial charge on any atom is -0.296 e. The van der Waals surface area contributed by atoms with Gasteiger partial charge in [0.2, 0.25) is 0 Å². The maximum absolute atomic E-state index is 11.0. The maximum Gasteiger partial charge on any atom is 0.283 e. The van der Waals surface area contributed by atoms with E-state index in [-0.39, 0.29) is 10.6 Å². The second-order valence-corrected chi connectivity index (χ2v) is 6.31. The van der Waals surface area contributed by atoms with Gasteiger partial charge < -0.3 is 0 Å². The van der Waals surface area contributed by atoms with Gasteiger partial charge in [0, 0.05) is 18.7 Å². The molecule has 20 heavy (non-hydrogen) atoms. The summed E-state index contributed by atoms with van der Waals surface area (Å²) in [5.41, 5.74) is 1.19. The van der Waals surface area contributed by atoms with E-state index in [9.17, 15) is 10.1 Å². The van der Waals surface area contributed by atoms with Crippen LogP contribution in [-0.4, -0.2) is 22.4 Å². The highest BCUT2D eigenvalue weighted by atomic mass is 79.9. The molecule has 1 aromatic rings. The molecule has 0 aromatic heterocycles. The van der Waals surface area contributed by atoms with Gasteiger partial charge in [-0.25, -0.2) is 0 Å². The smallest absolute Gasteiger partial charge is 0.283 e. The molecule has 4 nitrogen and oxygen atoms in total. The Bertz CT molecular complexity index is 477. The molecule has 1 aliphatic heterocycles. The van der Waals surface area contributed by atoms with Crippen LogP contribution in [-0.2, 0) is 6.54 Å². The van der Waals surface area contributed by atoms with Crippen LogP contribution in [0.3, 0.4) is 0 Å². The number of nitro benzene ring substituents is 1. The van der Waals surface area contributed by atoms with Crippen LogP contribution in [0.15, 0.2) is 22.7 Å². The van der Waals surface area contributed by atoms with Crippen molar-refractivity contribution in [2.75, 3.05) is 6.54 Å². The third-order valence-corrected chi connectivity index (χ3v) is 4.63. The predicted octanol–water partition coefficient (Wildman–Crippen LogP) is 4.51. The van der Waals surface area contributed by atoms with Crippen LogP contribution < -0.4 is 0 Å². The third kappa shape index (κ3) is 3.79. The van der Waals surface area contributed by atoms with Crippen LogP contribution in [0.2, 0.25) is 0 Å². The number of nitro groups is 1. The molecule has 0 spiro atoms. The first-order valence-electron chi connectivity index (χ1n) is 7.28. The summed E-state index contributed by atoms with van der Waals surface area (Å²) in [7, 11) is 0. The number of rotatable bonds is 5. The van der Waals surface area contributed by atoms with Crippen molar-refractivity contribution in [2.45, 2.75) is 51.6 Å². The van der Waals surface area contributed by atoms with Gasteiger partial charge in [-0.1, -0.05) is 25.8 Å². The van der Waals surface area contributed by atoms with E-state index in [1.165, 1.54) is 32.1 Å². The molecule has 0 amide bonds. The molecule has 5 heteroatoms. The van der Waals surface area contributed by atoms with Crippen molar-refractivity contribution < 1.29 is 4.92 Å². The summed E-state index contributed by atoms with van der Waals surface area (Å²) in [6.45, 7) is 4.14. The summed E-state index contributed by atoms with van der Waals surface area (Å²) in [4.78, 5) is 13.2. The fraction of sp³-hybridized carbons (Fsp3) is 0.600. The maximum atomic E-state index is 11.0. The topological polar surface area (TPSA) is 46.4 Å². The van der Waals surface area contributed by atoms with Crippen LogP contribution in [0.5, 0.6) is 0 Å². The number of likely N-dealkylation sites (tertiary alicyclic amines) is 1. The molecule has 1 unspecified atom stereocenters. The lowest BCUT2D eigenvalue weighted by Gasteiger charge is -2.35. The summed E-state index contributed by atoms with van der Waals surface area (Å²) in [5.74, 6) is 0. The molecule has 0 N–H and O–H groups in total. The van der Waals surface area contributed by atoms with Gasteiger partial charge in [0.1, 0.15) is 0 Å². The molecule has 1 atom stereocenters. The van der Waals surface area contributed by atoms with Gasteiger partial charge in [-0.3, -0.25) is 15.0 Å². The molecule has 1 aromatic carbocycles. The van der Waals surface area contributed by atoms with Crippen LogP contribution in [0.1, 0.15) is 44.6 Å². The Labute approximate surface area is 128 Å². The van der Waals surface area contributed by atoms with Crippen LogP contribution in [0.25, 0.3) is 0 Å². The largest absolute Gasteiger partial charge is 0.296 e. The summed E-state index contributed by atoms with van der Waals surface area (Å²) >= 11 is 3.24. The molecule has 2 rings (SSSR count). The van der Waals surface area contributed by atoms with Crippen LogP contribution >= 0.6 is 15.9 Å². The fourth-order valence-corrected chi connectivity index (χ4v) is 3.35. The molecule has 110 valence electrons. The quantitative estimate of drug-likeness (QED) is 0.585. The Hall–Kier alpha value is -0.940. The van der Waals surface area contributed by atoms with E-state index in [1.807, 2.05) is 6.07 Å². The first-order valence-corrected chi connectivity index (χ1v) is 8.08. The predicted molar refractivity (Wildman–Crippen MR) is 83.8 cm³/mol. The minimum atomic E-state index is -0.326. The number of piperidine rings is 1. The molecular formula is C15H21BrN2O2. The highest BCUT2D eigenvalue weighted by molar-refractivity contribution is 9.10. The Morgan fingerprint density at radius 2 is 2.25 bits per heavy atom. The van der Waals surface area contributed by atoms with Gasteiger partial charge in [0.15, 0.2) is 0 Å². The number of hydrogen-bond acceptors (Lipinski definition) is 3. The SMILES string of the molecule is CCCC1CCCCN1Cc1ccc(Br)c([N+](=O)[O-])c1. The monoisotopic (exact) mass is 340 g/mol. The number of nitrogens with zero attached hydrogens (tertiary/aromatic N) is 2. The normalized spacial score (nSPS) is 20.0. The Morgan fingerprint density at radius 1 is 1.45 bits per heavy atom. The van der Waals surface area contributed by atoms with Crippen molar-refractivity contribution in [3.05, 3.63) is 38.3 Å². The molecule has 0 saturated carbocycles. The van der Waals surface area contributed by atoms with Crippen molar-refractivity contribution in [1.29, 1.82) is 0 Å². The minimum absolute atomic E-state index is 0.159. The average Bonchev–Trinajstić information content (AvgIpc) is 2.43. The van der Waals surface area contributed by atoms with Gasteiger partial charge in [0.25, 0.3) is 5.69 Å². The van der Waals surface area contributed by atoms with E-state index >= 15 is 0 Å². The zero-order valence-corrected chi connectivity index (χ0v) is 13.4. The second kappa shape index (κ2) is 7.18.